The maximum atomic E-state index is 12.9. The molecule has 0 amide bonds. The quantitative estimate of drug-likeness (QED) is 0.434. The Bertz CT molecular complexity index is 1040. The van der Waals surface area contributed by atoms with Gasteiger partial charge in [0.15, 0.2) is 0 Å². The van der Waals surface area contributed by atoms with Gasteiger partial charge in [-0.25, -0.2) is 0 Å². The molecule has 0 spiro atoms. The minimum atomic E-state index is -0.294. The number of hydrogen-bond donors (Lipinski definition) is 4. The van der Waals surface area contributed by atoms with Crippen molar-refractivity contribution in [2.45, 2.75) is 0 Å². The van der Waals surface area contributed by atoms with Gasteiger partial charge in [0.1, 0.15) is 11.0 Å². The van der Waals surface area contributed by atoms with Gasteiger partial charge in [-0.3, -0.25) is 19.6 Å². The third kappa shape index (κ3) is 2.61. The molecule has 0 unspecified atom stereocenters. The lowest BCUT2D eigenvalue weighted by atomic mass is 10.1. The van der Waals surface area contributed by atoms with Gasteiger partial charge < -0.3 is 21.4 Å². The van der Waals surface area contributed by atoms with Crippen molar-refractivity contribution in [1.29, 1.82) is 0 Å². The predicted octanol–water partition coefficient (Wildman–Crippen LogP) is -1.47. The van der Waals surface area contributed by atoms with Gasteiger partial charge in [-0.15, -0.1) is 0 Å². The fourth-order valence-corrected chi connectivity index (χ4v) is 2.68. The van der Waals surface area contributed by atoms with Crippen molar-refractivity contribution >= 4 is 21.8 Å². The molecule has 0 saturated carbocycles. The molecule has 0 saturated heterocycles. The zero-order chi connectivity index (χ0) is 17.1. The highest BCUT2D eigenvalue weighted by Gasteiger charge is 2.14. The van der Waals surface area contributed by atoms with Crippen LogP contribution in [0.4, 0.5) is 0 Å². The Morgan fingerprint density at radius 3 is 1.58 bits per heavy atom. The van der Waals surface area contributed by atoms with Crippen LogP contribution in [0.2, 0.25) is 0 Å². The molecule has 3 aromatic rings. The third-order valence-electron chi connectivity index (χ3n) is 3.68. The molecule has 1 heterocycles. The molecule has 124 valence electrons. The topological polar surface area (TPSA) is 142 Å². The zero-order valence-corrected chi connectivity index (χ0v) is 13.0. The van der Waals surface area contributed by atoms with Crippen LogP contribution in [0.1, 0.15) is 0 Å². The Labute approximate surface area is 135 Å². The molecule has 1 aromatic heterocycles. The number of nitrogens with one attached hydrogen (secondary N) is 2. The summed E-state index contributed by atoms with van der Waals surface area (Å²) in [7, 11) is 0. The van der Waals surface area contributed by atoms with Gasteiger partial charge in [0, 0.05) is 25.5 Å². The molecule has 0 radical (unpaired) electrons. The molecule has 8 nitrogen and oxygen atoms in total. The standard InChI is InChI=1S/C16H18N6O2/c17-3-5-19-9-1-2-10(20-6-4-18)12-11(9)15(23)13-14(16(12)24)22-8-7-21-13/h1-2,7-8,21-22H,3-6,17-18H2. The first-order valence-electron chi connectivity index (χ1n) is 7.63. The van der Waals surface area contributed by atoms with E-state index in [1.807, 2.05) is 0 Å². The number of rotatable bonds is 4. The molecule has 6 N–H and O–H groups in total. The van der Waals surface area contributed by atoms with Crippen molar-refractivity contribution in [1.82, 2.24) is 9.97 Å². The Balaban J connectivity index is 2.62. The molecule has 24 heavy (non-hydrogen) atoms. The molecule has 2 aromatic carbocycles. The van der Waals surface area contributed by atoms with Gasteiger partial charge in [-0.05, 0) is 12.1 Å². The molecule has 0 aliphatic heterocycles. The summed E-state index contributed by atoms with van der Waals surface area (Å²) in [5.74, 6) is 0. The number of aromatic nitrogens is 2. The first kappa shape index (κ1) is 16.0. The normalized spacial score (nSPS) is 13.2. The maximum Gasteiger partial charge on any atom is 0.214 e. The third-order valence-corrected chi connectivity index (χ3v) is 3.68. The van der Waals surface area contributed by atoms with Crippen LogP contribution in [0.15, 0.2) is 44.1 Å². The van der Waals surface area contributed by atoms with E-state index in [0.717, 1.165) is 0 Å². The fourth-order valence-electron chi connectivity index (χ4n) is 2.68. The van der Waals surface area contributed by atoms with Gasteiger partial charge >= 0.3 is 0 Å². The SMILES string of the molecule is NCCN=c1ccc(=NCCN)c2c(=O)c3[nH]cc[nH]c3c(=O)c12. The molecule has 0 atom stereocenters. The van der Waals surface area contributed by atoms with Crippen LogP contribution >= 0.6 is 0 Å². The summed E-state index contributed by atoms with van der Waals surface area (Å²) in [4.78, 5) is 40.1. The highest BCUT2D eigenvalue weighted by Crippen LogP contribution is 2.03. The second-order valence-corrected chi connectivity index (χ2v) is 5.22. The molecular formula is C16H18N6O2. The number of fused-ring (bicyclic) bond motifs is 2. The van der Waals surface area contributed by atoms with Crippen LogP contribution in [0.5, 0.6) is 0 Å². The molecular weight excluding hydrogens is 308 g/mol. The van der Waals surface area contributed by atoms with Crippen molar-refractivity contribution < 1.29 is 0 Å². The largest absolute Gasteiger partial charge is 0.355 e. The van der Waals surface area contributed by atoms with E-state index in [4.69, 9.17) is 11.5 Å². The minimum absolute atomic E-state index is 0.218. The van der Waals surface area contributed by atoms with Crippen LogP contribution in [0.3, 0.4) is 0 Å². The number of nitrogens with zero attached hydrogens (tertiary/aromatic N) is 2. The molecule has 3 rings (SSSR count). The van der Waals surface area contributed by atoms with Crippen molar-refractivity contribution in [2.75, 3.05) is 26.2 Å². The van der Waals surface area contributed by atoms with E-state index in [9.17, 15) is 9.59 Å². The maximum absolute atomic E-state index is 12.9. The Kier molecular flexibility index (Phi) is 4.50. The fraction of sp³-hybridized carbons (Fsp3) is 0.250. The summed E-state index contributed by atoms with van der Waals surface area (Å²) in [5, 5.41) is 1.41. The van der Waals surface area contributed by atoms with E-state index in [0.29, 0.717) is 36.9 Å². The minimum Gasteiger partial charge on any atom is -0.355 e. The monoisotopic (exact) mass is 326 g/mol. The van der Waals surface area contributed by atoms with Crippen molar-refractivity contribution in [3.05, 3.63) is 55.7 Å². The number of hydrogen-bond acceptors (Lipinski definition) is 6. The lowest BCUT2D eigenvalue weighted by Crippen LogP contribution is -2.28. The number of benzene rings is 2. The lowest BCUT2D eigenvalue weighted by molar-refractivity contribution is 0.939. The van der Waals surface area contributed by atoms with Gasteiger partial charge in [0.2, 0.25) is 10.9 Å². The molecule has 0 aliphatic carbocycles. The summed E-state index contributed by atoms with van der Waals surface area (Å²) in [6.07, 6.45) is 3.13. The first-order valence-corrected chi connectivity index (χ1v) is 7.63. The number of aromatic amines is 2. The summed E-state index contributed by atoms with van der Waals surface area (Å²) >= 11 is 0. The van der Waals surface area contributed by atoms with Gasteiger partial charge in [0.05, 0.1) is 34.6 Å². The number of H-pyrrole nitrogens is 2. The Morgan fingerprint density at radius 2 is 1.21 bits per heavy atom. The molecule has 8 heteroatoms. The van der Waals surface area contributed by atoms with E-state index >= 15 is 0 Å². The van der Waals surface area contributed by atoms with Gasteiger partial charge in [-0.1, -0.05) is 0 Å². The first-order chi connectivity index (χ1) is 11.7. The van der Waals surface area contributed by atoms with Gasteiger partial charge in [0.25, 0.3) is 0 Å². The predicted molar refractivity (Wildman–Crippen MR) is 92.9 cm³/mol. The molecule has 0 bridgehead atoms. The van der Waals surface area contributed by atoms with Gasteiger partial charge in [-0.2, -0.15) is 0 Å². The van der Waals surface area contributed by atoms with E-state index in [1.54, 1.807) is 24.5 Å². The van der Waals surface area contributed by atoms with Crippen LogP contribution in [-0.2, 0) is 0 Å². The highest BCUT2D eigenvalue weighted by atomic mass is 16.1. The van der Waals surface area contributed by atoms with Crippen LogP contribution in [0.25, 0.3) is 21.8 Å². The molecule has 0 fully saturated rings. The van der Waals surface area contributed by atoms with Crippen LogP contribution < -0.4 is 33.0 Å². The summed E-state index contributed by atoms with van der Waals surface area (Å²) in [6.45, 7) is 1.44. The average molecular weight is 326 g/mol. The second-order valence-electron chi connectivity index (χ2n) is 5.22. The highest BCUT2D eigenvalue weighted by molar-refractivity contribution is 5.93. The summed E-state index contributed by atoms with van der Waals surface area (Å²) in [5.41, 5.74) is 10.8. The van der Waals surface area contributed by atoms with Crippen LogP contribution in [-0.4, -0.2) is 36.1 Å². The Hall–Kier alpha value is -2.84. The van der Waals surface area contributed by atoms with E-state index < -0.39 is 0 Å². The van der Waals surface area contributed by atoms with E-state index in [2.05, 4.69) is 20.0 Å². The average Bonchev–Trinajstić information content (AvgIpc) is 2.62. The molecule has 0 aliphatic rings. The van der Waals surface area contributed by atoms with E-state index in [-0.39, 0.29) is 32.7 Å². The number of nitrogens with two attached hydrogens (primary N) is 2. The van der Waals surface area contributed by atoms with Crippen molar-refractivity contribution in [2.24, 2.45) is 21.5 Å². The second kappa shape index (κ2) is 6.73. The van der Waals surface area contributed by atoms with Crippen LogP contribution in [0, 0.1) is 0 Å². The lowest BCUT2D eigenvalue weighted by Gasteiger charge is -2.03. The Morgan fingerprint density at radius 1 is 0.792 bits per heavy atom. The summed E-state index contributed by atoms with van der Waals surface area (Å²) < 4.78 is 0. The smallest absolute Gasteiger partial charge is 0.214 e. The zero-order valence-electron chi connectivity index (χ0n) is 13.0. The van der Waals surface area contributed by atoms with Crippen molar-refractivity contribution in [3.63, 3.8) is 0 Å². The van der Waals surface area contributed by atoms with E-state index in [1.165, 1.54) is 0 Å². The summed E-state index contributed by atoms with van der Waals surface area (Å²) in [6, 6.07) is 3.37. The van der Waals surface area contributed by atoms with Crippen molar-refractivity contribution in [3.8, 4) is 0 Å².